The van der Waals surface area contributed by atoms with Crippen LogP contribution in [0.25, 0.3) is 0 Å². The van der Waals surface area contributed by atoms with Gasteiger partial charge in [-0.1, -0.05) is 45.7 Å². The number of hydrazone groups is 1. The number of urea groups is 1. The second kappa shape index (κ2) is 11.9. The second-order valence-corrected chi connectivity index (χ2v) is 13.1. The summed E-state index contributed by atoms with van der Waals surface area (Å²) in [5.74, 6) is 0. The Morgan fingerprint density at radius 3 is 2.47 bits per heavy atom. The highest BCUT2D eigenvalue weighted by molar-refractivity contribution is 9.10. The Hall–Kier alpha value is -3.39. The van der Waals surface area contributed by atoms with Crippen LogP contribution in [0.4, 0.5) is 29.3 Å². The number of hydrogen-bond acceptors (Lipinski definition) is 6. The van der Waals surface area contributed by atoms with Crippen molar-refractivity contribution in [3.63, 3.8) is 0 Å². The number of halogens is 5. The number of benzene rings is 3. The van der Waals surface area contributed by atoms with Crippen LogP contribution in [0.15, 0.2) is 92.6 Å². The van der Waals surface area contributed by atoms with Crippen molar-refractivity contribution in [2.24, 2.45) is 5.10 Å². The lowest BCUT2D eigenvalue weighted by Crippen LogP contribution is -2.41. The van der Waals surface area contributed by atoms with Crippen molar-refractivity contribution in [2.75, 3.05) is 10.8 Å². The van der Waals surface area contributed by atoms with E-state index in [1.54, 1.807) is 36.4 Å². The van der Waals surface area contributed by atoms with Crippen LogP contribution >= 0.6 is 50.8 Å². The first-order valence-electron chi connectivity index (χ1n) is 12.6. The third-order valence-corrected chi connectivity index (χ3v) is 10.0. The van der Waals surface area contributed by atoms with E-state index in [-0.39, 0.29) is 17.1 Å². The number of carbonyl (C=O) groups excluding carboxylic acids is 1. The molecule has 1 aromatic heterocycles. The van der Waals surface area contributed by atoms with E-state index in [0.717, 1.165) is 32.9 Å². The van der Waals surface area contributed by atoms with Gasteiger partial charge in [-0.2, -0.15) is 18.3 Å². The minimum Gasteiger partial charge on any atom is -0.258 e. The molecule has 1 unspecified atom stereocenters. The smallest absolute Gasteiger partial charge is 0.258 e. The van der Waals surface area contributed by atoms with Gasteiger partial charge in [-0.05, 0) is 73.3 Å². The zero-order chi connectivity index (χ0) is 31.1. The number of hydrogen-bond donors (Lipinski definition) is 0. The van der Waals surface area contributed by atoms with Crippen molar-refractivity contribution in [1.29, 1.82) is 0 Å². The summed E-state index contributed by atoms with van der Waals surface area (Å²) < 4.78 is 42.5. The average Bonchev–Trinajstić information content (AvgIpc) is 3.55. The fourth-order valence-corrected chi connectivity index (χ4v) is 7.41. The van der Waals surface area contributed by atoms with Crippen LogP contribution in [0.2, 0.25) is 5.02 Å². The fraction of sp³-hybridized carbons (Fsp3) is 0.172. The highest BCUT2D eigenvalue weighted by atomic mass is 79.9. The summed E-state index contributed by atoms with van der Waals surface area (Å²) >= 11 is 11.8. The normalized spacial score (nSPS) is 16.7. The van der Waals surface area contributed by atoms with Crippen LogP contribution in [-0.2, 0) is 11.6 Å². The molecule has 7 nitrogen and oxygen atoms in total. The lowest BCUT2D eigenvalue weighted by Gasteiger charge is -2.28. The minimum absolute atomic E-state index is 0.0611. The number of alkyl halides is 3. The monoisotopic (exact) mass is 708 g/mol. The van der Waals surface area contributed by atoms with E-state index >= 15 is 0 Å². The van der Waals surface area contributed by atoms with Gasteiger partial charge in [0.25, 0.3) is 5.69 Å². The van der Waals surface area contributed by atoms with Gasteiger partial charge < -0.3 is 0 Å². The van der Waals surface area contributed by atoms with Gasteiger partial charge in [-0.25, -0.2) is 14.1 Å². The molecule has 0 fully saturated rings. The number of carbonyl (C=O) groups is 1. The van der Waals surface area contributed by atoms with E-state index in [1.807, 2.05) is 25.3 Å². The number of nitrogens with zero attached hydrogens (tertiary/aromatic N) is 4. The van der Waals surface area contributed by atoms with E-state index in [4.69, 9.17) is 11.6 Å². The van der Waals surface area contributed by atoms with Crippen molar-refractivity contribution < 1.29 is 22.9 Å². The summed E-state index contributed by atoms with van der Waals surface area (Å²) in [6.45, 7) is 3.85. The van der Waals surface area contributed by atoms with E-state index < -0.39 is 33.1 Å². The molecule has 0 spiro atoms. The van der Waals surface area contributed by atoms with Crippen molar-refractivity contribution in [2.45, 2.75) is 30.3 Å². The van der Waals surface area contributed by atoms with Crippen molar-refractivity contribution in [3.8, 4) is 0 Å². The van der Waals surface area contributed by atoms with Crippen LogP contribution in [0.1, 0.15) is 28.5 Å². The van der Waals surface area contributed by atoms with E-state index in [0.29, 0.717) is 17.0 Å². The van der Waals surface area contributed by atoms with Gasteiger partial charge in [0.2, 0.25) is 0 Å². The average molecular weight is 710 g/mol. The third kappa shape index (κ3) is 6.17. The number of aryl methyl sites for hydroxylation is 1. The Bertz CT molecular complexity index is 1750. The molecule has 1 aliphatic rings. The summed E-state index contributed by atoms with van der Waals surface area (Å²) in [5, 5.41) is 19.1. The van der Waals surface area contributed by atoms with Gasteiger partial charge in [-0.3, -0.25) is 10.1 Å². The maximum absolute atomic E-state index is 14.3. The second-order valence-electron chi connectivity index (χ2n) is 9.83. The molecule has 1 atom stereocenters. The summed E-state index contributed by atoms with van der Waals surface area (Å²) in [6.07, 6.45) is -4.63. The van der Waals surface area contributed by atoms with Gasteiger partial charge in [-0.15, -0.1) is 11.3 Å². The molecule has 4 aromatic rings. The van der Waals surface area contributed by atoms with E-state index in [9.17, 15) is 28.1 Å². The first-order chi connectivity index (χ1) is 20.3. The van der Waals surface area contributed by atoms with Crippen LogP contribution < -0.4 is 4.31 Å². The number of amides is 2. The van der Waals surface area contributed by atoms with Gasteiger partial charge in [0.15, 0.2) is 0 Å². The summed E-state index contributed by atoms with van der Waals surface area (Å²) in [4.78, 5) is 26.6. The van der Waals surface area contributed by atoms with Gasteiger partial charge in [0, 0.05) is 32.9 Å². The lowest BCUT2D eigenvalue weighted by molar-refractivity contribution is -0.387. The molecule has 14 heteroatoms. The molecule has 0 saturated carbocycles. The molecule has 0 bridgehead atoms. The standard InChI is InChI=1S/C29H21BrClF3N4O3S2/c1-17-13-14-42-26(17)28(2)16-36(35-25(28)18-7-12-21(22(31)15-18)29(32,33)34)27(39)37(20-10-8-19(30)9-11-20)43-24-6-4-3-5-23(24)38(40)41/h3-15H,16H2,1-2H3. The minimum atomic E-state index is -4.63. The molecule has 2 heterocycles. The van der Waals surface area contributed by atoms with Gasteiger partial charge in [0.05, 0.1) is 38.9 Å². The maximum atomic E-state index is 14.3. The fourth-order valence-electron chi connectivity index (χ4n) is 4.80. The number of para-hydroxylation sites is 1. The van der Waals surface area contributed by atoms with Crippen LogP contribution in [-0.4, -0.2) is 28.2 Å². The Kier molecular flexibility index (Phi) is 8.63. The predicted molar refractivity (Wildman–Crippen MR) is 167 cm³/mol. The third-order valence-electron chi connectivity index (χ3n) is 6.83. The van der Waals surface area contributed by atoms with Gasteiger partial charge in [0.1, 0.15) is 4.90 Å². The Labute approximate surface area is 266 Å². The SMILES string of the molecule is Cc1ccsc1C1(C)CN(C(=O)N(Sc2ccccc2[N+](=O)[O-])c2ccc(Br)cc2)N=C1c1ccc(C(F)(F)F)c(Cl)c1. The van der Waals surface area contributed by atoms with E-state index in [2.05, 4.69) is 21.0 Å². The Morgan fingerprint density at radius 1 is 1.16 bits per heavy atom. The molecule has 43 heavy (non-hydrogen) atoms. The zero-order valence-electron chi connectivity index (χ0n) is 22.4. The molecule has 5 rings (SSSR count). The van der Waals surface area contributed by atoms with E-state index in [1.165, 1.54) is 44.9 Å². The predicted octanol–water partition coefficient (Wildman–Crippen LogP) is 9.71. The molecule has 0 N–H and O–H groups in total. The molecular formula is C29H21BrClF3N4O3S2. The molecule has 2 amide bonds. The molecule has 0 radical (unpaired) electrons. The quantitative estimate of drug-likeness (QED) is 0.113. The first-order valence-corrected chi connectivity index (χ1v) is 15.4. The molecule has 0 aliphatic carbocycles. The highest BCUT2D eigenvalue weighted by Gasteiger charge is 2.46. The number of thiophene rings is 1. The van der Waals surface area contributed by atoms with Gasteiger partial charge >= 0.3 is 12.2 Å². The number of anilines is 1. The van der Waals surface area contributed by atoms with Crippen LogP contribution in [0.3, 0.4) is 0 Å². The summed E-state index contributed by atoms with van der Waals surface area (Å²) in [7, 11) is 0. The van der Waals surface area contributed by atoms with Crippen molar-refractivity contribution in [3.05, 3.63) is 119 Å². The number of nitro benzene ring substituents is 1. The molecule has 1 aliphatic heterocycles. The molecule has 3 aromatic carbocycles. The lowest BCUT2D eigenvalue weighted by atomic mass is 9.79. The largest absolute Gasteiger partial charge is 0.417 e. The van der Waals surface area contributed by atoms with Crippen LogP contribution in [0, 0.1) is 17.0 Å². The van der Waals surface area contributed by atoms with Crippen molar-refractivity contribution >= 4 is 73.9 Å². The summed E-state index contributed by atoms with van der Waals surface area (Å²) in [6, 6.07) is 17.7. The Morgan fingerprint density at radius 2 is 1.86 bits per heavy atom. The maximum Gasteiger partial charge on any atom is 0.417 e. The van der Waals surface area contributed by atoms with Crippen LogP contribution in [0.5, 0.6) is 0 Å². The Balaban J connectivity index is 1.61. The van der Waals surface area contributed by atoms with Crippen molar-refractivity contribution in [1.82, 2.24) is 5.01 Å². The number of rotatable bonds is 6. The molecule has 0 saturated heterocycles. The molecular weight excluding hydrogens is 689 g/mol. The highest BCUT2D eigenvalue weighted by Crippen LogP contribution is 2.43. The number of nitro groups is 1. The summed E-state index contributed by atoms with van der Waals surface area (Å²) in [5.41, 5.74) is 0.0372. The zero-order valence-corrected chi connectivity index (χ0v) is 26.4. The molecule has 222 valence electrons. The first kappa shape index (κ1) is 31.0. The topological polar surface area (TPSA) is 79.0 Å².